The molecule has 14 heavy (non-hydrogen) atoms. The summed E-state index contributed by atoms with van der Waals surface area (Å²) >= 11 is 0. The molecule has 3 heteroatoms. The van der Waals surface area contributed by atoms with Gasteiger partial charge in [-0.2, -0.15) is 0 Å². The van der Waals surface area contributed by atoms with E-state index < -0.39 is 6.10 Å². The van der Waals surface area contributed by atoms with Crippen LogP contribution in [0.4, 0.5) is 0 Å². The molecule has 0 fully saturated rings. The Labute approximate surface area is 83.8 Å². The molecule has 0 radical (unpaired) electrons. The van der Waals surface area contributed by atoms with Crippen molar-refractivity contribution in [3.05, 3.63) is 36.4 Å². The highest BCUT2D eigenvalue weighted by Gasteiger charge is 2.01. The van der Waals surface area contributed by atoms with Crippen molar-refractivity contribution in [2.45, 2.75) is 6.10 Å². The summed E-state index contributed by atoms with van der Waals surface area (Å²) in [5.74, 6) is 0.725. The van der Waals surface area contributed by atoms with Crippen molar-refractivity contribution in [1.29, 1.82) is 0 Å². The molecular formula is C11H15NO2. The second-order valence-electron chi connectivity index (χ2n) is 2.97. The molecule has 1 aromatic carbocycles. The third kappa shape index (κ3) is 3.20. The van der Waals surface area contributed by atoms with Crippen LogP contribution in [0.3, 0.4) is 0 Å². The number of benzene rings is 1. The predicted molar refractivity (Wildman–Crippen MR) is 57.1 cm³/mol. The van der Waals surface area contributed by atoms with Crippen molar-refractivity contribution in [2.75, 3.05) is 13.2 Å². The summed E-state index contributed by atoms with van der Waals surface area (Å²) in [5, 5.41) is 9.15. The average molecular weight is 193 g/mol. The fraction of sp³-hybridized carbons (Fsp3) is 0.273. The molecule has 0 saturated heterocycles. The summed E-state index contributed by atoms with van der Waals surface area (Å²) < 4.78 is 5.29. The van der Waals surface area contributed by atoms with Crippen molar-refractivity contribution < 1.29 is 9.84 Å². The molecule has 0 bridgehead atoms. The van der Waals surface area contributed by atoms with Crippen molar-refractivity contribution in [3.8, 4) is 5.75 Å². The second kappa shape index (κ2) is 5.42. The van der Waals surface area contributed by atoms with Gasteiger partial charge in [-0.3, -0.25) is 0 Å². The summed E-state index contributed by atoms with van der Waals surface area (Å²) in [7, 11) is 0. The zero-order valence-electron chi connectivity index (χ0n) is 8.02. The smallest absolute Gasteiger partial charge is 0.119 e. The summed E-state index contributed by atoms with van der Waals surface area (Å²) in [5.41, 5.74) is 6.28. The van der Waals surface area contributed by atoms with Gasteiger partial charge in [-0.15, -0.1) is 0 Å². The van der Waals surface area contributed by atoms with Crippen LogP contribution in [0.5, 0.6) is 5.75 Å². The van der Waals surface area contributed by atoms with E-state index in [4.69, 9.17) is 15.6 Å². The molecule has 1 aromatic rings. The maximum atomic E-state index is 9.15. The number of aliphatic hydroxyl groups excluding tert-OH is 1. The molecule has 0 aliphatic carbocycles. The van der Waals surface area contributed by atoms with Crippen molar-refractivity contribution in [2.24, 2.45) is 5.73 Å². The average Bonchev–Trinajstić information content (AvgIpc) is 2.26. The lowest BCUT2D eigenvalue weighted by atomic mass is 10.2. The lowest BCUT2D eigenvalue weighted by Gasteiger charge is -2.09. The van der Waals surface area contributed by atoms with E-state index in [0.29, 0.717) is 0 Å². The van der Waals surface area contributed by atoms with Gasteiger partial charge in [0, 0.05) is 6.54 Å². The first kappa shape index (κ1) is 10.8. The van der Waals surface area contributed by atoms with Gasteiger partial charge in [0.2, 0.25) is 0 Å². The zero-order valence-corrected chi connectivity index (χ0v) is 8.02. The van der Waals surface area contributed by atoms with E-state index in [9.17, 15) is 0 Å². The first-order chi connectivity index (χ1) is 6.76. The number of hydrogen-bond acceptors (Lipinski definition) is 3. The third-order valence-electron chi connectivity index (χ3n) is 1.83. The summed E-state index contributed by atoms with van der Waals surface area (Å²) in [6, 6.07) is 7.47. The van der Waals surface area contributed by atoms with Gasteiger partial charge < -0.3 is 15.6 Å². The minimum atomic E-state index is -0.603. The SMILES string of the molecule is C=Cc1ccc(OCC(O)CN)cc1. The van der Waals surface area contributed by atoms with E-state index in [-0.39, 0.29) is 13.2 Å². The Morgan fingerprint density at radius 3 is 2.57 bits per heavy atom. The molecule has 0 aromatic heterocycles. The van der Waals surface area contributed by atoms with E-state index in [1.807, 2.05) is 24.3 Å². The number of ether oxygens (including phenoxy) is 1. The van der Waals surface area contributed by atoms with E-state index in [1.54, 1.807) is 6.08 Å². The molecule has 3 N–H and O–H groups in total. The normalized spacial score (nSPS) is 12.1. The van der Waals surface area contributed by atoms with Gasteiger partial charge in [-0.25, -0.2) is 0 Å². The summed E-state index contributed by atoms with van der Waals surface area (Å²) in [4.78, 5) is 0. The van der Waals surface area contributed by atoms with Crippen LogP contribution in [-0.4, -0.2) is 24.4 Å². The minimum Gasteiger partial charge on any atom is -0.491 e. The topological polar surface area (TPSA) is 55.5 Å². The molecule has 3 nitrogen and oxygen atoms in total. The van der Waals surface area contributed by atoms with Crippen LogP contribution >= 0.6 is 0 Å². The summed E-state index contributed by atoms with van der Waals surface area (Å²) in [6.07, 6.45) is 1.16. The van der Waals surface area contributed by atoms with Crippen LogP contribution in [0.25, 0.3) is 6.08 Å². The van der Waals surface area contributed by atoms with Crippen molar-refractivity contribution >= 4 is 6.08 Å². The van der Waals surface area contributed by atoms with Crippen molar-refractivity contribution in [3.63, 3.8) is 0 Å². The molecule has 1 unspecified atom stereocenters. The third-order valence-corrected chi connectivity index (χ3v) is 1.83. The molecule has 0 aliphatic rings. The van der Waals surface area contributed by atoms with Crippen molar-refractivity contribution in [1.82, 2.24) is 0 Å². The highest BCUT2D eigenvalue weighted by molar-refractivity contribution is 5.48. The van der Waals surface area contributed by atoms with Gasteiger partial charge in [0.25, 0.3) is 0 Å². The number of hydrogen-bond donors (Lipinski definition) is 2. The second-order valence-corrected chi connectivity index (χ2v) is 2.97. The maximum Gasteiger partial charge on any atom is 0.119 e. The minimum absolute atomic E-state index is 0.213. The molecule has 0 heterocycles. The van der Waals surface area contributed by atoms with Crippen LogP contribution in [-0.2, 0) is 0 Å². The molecule has 0 aliphatic heterocycles. The lowest BCUT2D eigenvalue weighted by molar-refractivity contribution is 0.114. The largest absolute Gasteiger partial charge is 0.491 e. The molecule has 1 atom stereocenters. The zero-order chi connectivity index (χ0) is 10.4. The molecular weight excluding hydrogens is 178 g/mol. The molecule has 0 amide bonds. The Hall–Kier alpha value is -1.32. The Morgan fingerprint density at radius 2 is 2.07 bits per heavy atom. The van der Waals surface area contributed by atoms with E-state index in [1.165, 1.54) is 0 Å². The van der Waals surface area contributed by atoms with Crippen LogP contribution in [0.2, 0.25) is 0 Å². The van der Waals surface area contributed by atoms with Gasteiger partial charge in [-0.1, -0.05) is 24.8 Å². The van der Waals surface area contributed by atoms with E-state index in [2.05, 4.69) is 6.58 Å². The quantitative estimate of drug-likeness (QED) is 0.734. The van der Waals surface area contributed by atoms with Gasteiger partial charge in [0.05, 0.1) is 0 Å². The van der Waals surface area contributed by atoms with Gasteiger partial charge >= 0.3 is 0 Å². The van der Waals surface area contributed by atoms with E-state index in [0.717, 1.165) is 11.3 Å². The lowest BCUT2D eigenvalue weighted by Crippen LogP contribution is -2.26. The Kier molecular flexibility index (Phi) is 4.16. The number of rotatable bonds is 5. The first-order valence-electron chi connectivity index (χ1n) is 4.49. The number of nitrogens with two attached hydrogens (primary N) is 1. The highest BCUT2D eigenvalue weighted by atomic mass is 16.5. The maximum absolute atomic E-state index is 9.15. The first-order valence-corrected chi connectivity index (χ1v) is 4.49. The molecule has 76 valence electrons. The van der Waals surface area contributed by atoms with E-state index >= 15 is 0 Å². The van der Waals surface area contributed by atoms with Crippen LogP contribution in [0.1, 0.15) is 5.56 Å². The Morgan fingerprint density at radius 1 is 1.43 bits per heavy atom. The Balaban J connectivity index is 2.47. The molecule has 0 saturated carbocycles. The fourth-order valence-corrected chi connectivity index (χ4v) is 0.961. The highest BCUT2D eigenvalue weighted by Crippen LogP contribution is 2.12. The van der Waals surface area contributed by atoms with Crippen LogP contribution in [0, 0.1) is 0 Å². The van der Waals surface area contributed by atoms with Gasteiger partial charge in [-0.05, 0) is 17.7 Å². The van der Waals surface area contributed by atoms with Gasteiger partial charge in [0.15, 0.2) is 0 Å². The molecule has 0 spiro atoms. The monoisotopic (exact) mass is 193 g/mol. The van der Waals surface area contributed by atoms with Crippen LogP contribution in [0.15, 0.2) is 30.8 Å². The molecule has 1 rings (SSSR count). The number of aliphatic hydroxyl groups is 1. The van der Waals surface area contributed by atoms with Crippen LogP contribution < -0.4 is 10.5 Å². The van der Waals surface area contributed by atoms with Gasteiger partial charge in [0.1, 0.15) is 18.5 Å². The standard InChI is InChI=1S/C11H15NO2/c1-2-9-3-5-11(6-4-9)14-8-10(13)7-12/h2-6,10,13H,1,7-8,12H2. The predicted octanol–water partition coefficient (Wildman–Crippen LogP) is 1.03. The Bertz CT molecular complexity index is 282. The summed E-state index contributed by atoms with van der Waals surface area (Å²) in [6.45, 7) is 4.09. The fourth-order valence-electron chi connectivity index (χ4n) is 0.961.